The summed E-state index contributed by atoms with van der Waals surface area (Å²) in [7, 11) is -0.940. The first-order chi connectivity index (χ1) is 14.8. The van der Waals surface area contributed by atoms with E-state index in [9.17, 15) is 0 Å². The summed E-state index contributed by atoms with van der Waals surface area (Å²) in [4.78, 5) is 0. The van der Waals surface area contributed by atoms with E-state index in [1.165, 1.54) is 21.2 Å². The molecule has 0 fully saturated rings. The molecule has 0 radical (unpaired) electrons. The molecule has 0 unspecified atom stereocenters. The van der Waals surface area contributed by atoms with Crippen molar-refractivity contribution in [3.63, 3.8) is 0 Å². The second-order valence-electron chi connectivity index (χ2n) is 6.71. The second-order valence-corrected chi connectivity index (χ2v) is 12.2. The fourth-order valence-corrected chi connectivity index (χ4v) is 10.5. The minimum absolute atomic E-state index is 0.470. The molecule has 0 bridgehead atoms. The highest BCUT2D eigenvalue weighted by Crippen LogP contribution is 2.55. The van der Waals surface area contributed by atoms with Crippen LogP contribution < -0.4 is 32.9 Å². The van der Waals surface area contributed by atoms with E-state index < -0.39 is 15.8 Å². The van der Waals surface area contributed by atoms with Crippen LogP contribution in [-0.2, 0) is 0 Å². The molecular formula is C26H28N2P2. The molecule has 0 saturated heterocycles. The minimum atomic E-state index is -0.470. The van der Waals surface area contributed by atoms with Crippen LogP contribution in [-0.4, -0.2) is 5.40 Å². The average molecular weight is 430 g/mol. The van der Waals surface area contributed by atoms with Gasteiger partial charge in [0.05, 0.1) is 0 Å². The molecule has 0 aliphatic rings. The first-order valence-corrected chi connectivity index (χ1v) is 12.8. The van der Waals surface area contributed by atoms with Gasteiger partial charge in [0.15, 0.2) is 0 Å². The molecule has 0 aliphatic heterocycles. The molecule has 4 aromatic rings. The lowest BCUT2D eigenvalue weighted by Crippen LogP contribution is -2.25. The van der Waals surface area contributed by atoms with Gasteiger partial charge in [-0.25, -0.2) is 0 Å². The van der Waals surface area contributed by atoms with Gasteiger partial charge in [0, 0.05) is 5.40 Å². The third-order valence-corrected chi connectivity index (χ3v) is 11.2. The van der Waals surface area contributed by atoms with Crippen molar-refractivity contribution in [3.05, 3.63) is 121 Å². The quantitative estimate of drug-likeness (QED) is 0.270. The zero-order valence-electron chi connectivity index (χ0n) is 17.2. The first-order valence-electron chi connectivity index (χ1n) is 9.96. The maximum atomic E-state index is 4.00. The summed E-state index contributed by atoms with van der Waals surface area (Å²) in [6.45, 7) is 2.46. The van der Waals surface area contributed by atoms with Crippen LogP contribution in [0.5, 0.6) is 0 Å². The molecule has 2 nitrogen and oxygen atoms in total. The third-order valence-electron chi connectivity index (χ3n) is 4.88. The summed E-state index contributed by atoms with van der Waals surface area (Å²) in [6, 6.07) is 44.3. The van der Waals surface area contributed by atoms with Crippen LogP contribution in [0.1, 0.15) is 6.92 Å². The molecule has 4 aromatic carbocycles. The lowest BCUT2D eigenvalue weighted by molar-refractivity contribution is 1.26. The van der Waals surface area contributed by atoms with Gasteiger partial charge < -0.3 is 0 Å². The van der Waals surface area contributed by atoms with Gasteiger partial charge in [0.2, 0.25) is 0 Å². The Hall–Kier alpha value is -2.34. The molecule has 4 heteroatoms. The SMILES string of the molecule is CC(P(c1ccccc1)c1ccccc1)P(c1ccccc1)c1ccccc1.NN. The van der Waals surface area contributed by atoms with Crippen molar-refractivity contribution in [2.24, 2.45) is 11.7 Å². The lowest BCUT2D eigenvalue weighted by atomic mass is 10.4. The Morgan fingerprint density at radius 3 is 0.833 bits per heavy atom. The predicted octanol–water partition coefficient (Wildman–Crippen LogP) is 4.42. The number of benzene rings is 4. The van der Waals surface area contributed by atoms with E-state index in [4.69, 9.17) is 0 Å². The van der Waals surface area contributed by atoms with E-state index in [2.05, 4.69) is 140 Å². The number of rotatable bonds is 6. The van der Waals surface area contributed by atoms with E-state index in [0.717, 1.165) is 0 Å². The van der Waals surface area contributed by atoms with Crippen molar-refractivity contribution in [1.29, 1.82) is 0 Å². The first kappa shape index (κ1) is 22.3. The number of nitrogens with two attached hydrogens (primary N) is 2. The van der Waals surface area contributed by atoms with Crippen molar-refractivity contribution in [1.82, 2.24) is 0 Å². The Kier molecular flexibility index (Phi) is 8.75. The van der Waals surface area contributed by atoms with E-state index in [1.807, 2.05) is 0 Å². The molecule has 4 N–H and O–H groups in total. The molecule has 0 saturated carbocycles. The van der Waals surface area contributed by atoms with E-state index in [-0.39, 0.29) is 0 Å². The second kappa shape index (κ2) is 11.7. The van der Waals surface area contributed by atoms with Crippen molar-refractivity contribution in [2.75, 3.05) is 0 Å². The van der Waals surface area contributed by atoms with Crippen LogP contribution in [0.15, 0.2) is 121 Å². The molecule has 152 valence electrons. The summed E-state index contributed by atoms with van der Waals surface area (Å²) in [5, 5.41) is 6.34. The largest absolute Gasteiger partial charge is 0.274 e. The highest BCUT2D eigenvalue weighted by atomic mass is 31.2. The van der Waals surface area contributed by atoms with E-state index in [1.54, 1.807) is 0 Å². The lowest BCUT2D eigenvalue weighted by Gasteiger charge is -2.33. The average Bonchev–Trinajstić information content (AvgIpc) is 2.84. The Balaban J connectivity index is 0.00000124. The smallest absolute Gasteiger partial charge is 0.0126 e. The van der Waals surface area contributed by atoms with Crippen LogP contribution in [0.4, 0.5) is 0 Å². The van der Waals surface area contributed by atoms with Crippen molar-refractivity contribution in [2.45, 2.75) is 12.3 Å². The zero-order valence-corrected chi connectivity index (χ0v) is 19.0. The van der Waals surface area contributed by atoms with Crippen LogP contribution >= 0.6 is 15.8 Å². The Bertz CT molecular complexity index is 818. The molecule has 0 aliphatic carbocycles. The Morgan fingerprint density at radius 2 is 0.633 bits per heavy atom. The molecule has 0 amide bonds. The van der Waals surface area contributed by atoms with Crippen LogP contribution in [0, 0.1) is 0 Å². The third kappa shape index (κ3) is 5.42. The molecular weight excluding hydrogens is 402 g/mol. The van der Waals surface area contributed by atoms with Crippen molar-refractivity contribution in [3.8, 4) is 0 Å². The highest BCUT2D eigenvalue weighted by molar-refractivity contribution is 7.89. The molecule has 30 heavy (non-hydrogen) atoms. The molecule has 0 heterocycles. The van der Waals surface area contributed by atoms with Gasteiger partial charge in [0.1, 0.15) is 0 Å². The Labute approximate surface area is 182 Å². The van der Waals surface area contributed by atoms with Crippen LogP contribution in [0.25, 0.3) is 0 Å². The summed E-state index contributed by atoms with van der Waals surface area (Å²) < 4.78 is 0. The van der Waals surface area contributed by atoms with Gasteiger partial charge in [-0.3, -0.25) is 11.7 Å². The van der Waals surface area contributed by atoms with Gasteiger partial charge in [-0.05, 0) is 37.1 Å². The van der Waals surface area contributed by atoms with Gasteiger partial charge in [-0.2, -0.15) is 0 Å². The van der Waals surface area contributed by atoms with Crippen LogP contribution in [0.2, 0.25) is 0 Å². The zero-order chi connectivity index (χ0) is 21.2. The maximum absolute atomic E-state index is 4.00. The van der Waals surface area contributed by atoms with Gasteiger partial charge in [0.25, 0.3) is 0 Å². The predicted molar refractivity (Wildman–Crippen MR) is 136 cm³/mol. The van der Waals surface area contributed by atoms with E-state index >= 15 is 0 Å². The summed E-state index contributed by atoms with van der Waals surface area (Å²) >= 11 is 0. The Morgan fingerprint density at radius 1 is 0.433 bits per heavy atom. The fraction of sp³-hybridized carbons (Fsp3) is 0.0769. The molecule has 0 spiro atoms. The number of hydrogen-bond donors (Lipinski definition) is 2. The van der Waals surface area contributed by atoms with Gasteiger partial charge in [-0.1, -0.05) is 128 Å². The standard InChI is InChI=1S/C26H24P2.H4N2/c1-22(27(23-14-6-2-7-15-23)24-16-8-3-9-17-24)28(25-18-10-4-11-19-25)26-20-12-5-13-21-26;1-2/h2-22H,1H3;1-2H2. The summed E-state index contributed by atoms with van der Waals surface area (Å²) in [6.07, 6.45) is 0. The normalized spacial score (nSPS) is 10.7. The summed E-state index contributed by atoms with van der Waals surface area (Å²) in [5.41, 5.74) is 0. The van der Waals surface area contributed by atoms with Gasteiger partial charge >= 0.3 is 0 Å². The number of hydrogen-bond acceptors (Lipinski definition) is 2. The minimum Gasteiger partial charge on any atom is -0.274 e. The van der Waals surface area contributed by atoms with Crippen LogP contribution in [0.3, 0.4) is 0 Å². The highest BCUT2D eigenvalue weighted by Gasteiger charge is 2.30. The molecule has 0 aromatic heterocycles. The fourth-order valence-electron chi connectivity index (χ4n) is 3.63. The van der Waals surface area contributed by atoms with Gasteiger partial charge in [-0.15, -0.1) is 0 Å². The topological polar surface area (TPSA) is 52.0 Å². The summed E-state index contributed by atoms with van der Waals surface area (Å²) in [5.74, 6) is 8.00. The molecule has 4 rings (SSSR count). The van der Waals surface area contributed by atoms with Crippen molar-refractivity contribution >= 4 is 37.1 Å². The monoisotopic (exact) mass is 430 g/mol. The number of hydrazine groups is 1. The molecule has 0 atom stereocenters. The maximum Gasteiger partial charge on any atom is 0.0126 e. The van der Waals surface area contributed by atoms with E-state index in [0.29, 0.717) is 5.40 Å². The van der Waals surface area contributed by atoms with Crippen molar-refractivity contribution < 1.29 is 0 Å².